The second kappa shape index (κ2) is 21.9. The number of aryl methyl sites for hydroxylation is 1. The van der Waals surface area contributed by atoms with E-state index >= 15 is 0 Å². The molecule has 0 aliphatic carbocycles. The predicted octanol–water partition coefficient (Wildman–Crippen LogP) is 2.94. The molecule has 2 aliphatic heterocycles. The molecular formula is C43H63N5O8. The van der Waals surface area contributed by atoms with E-state index in [2.05, 4.69) is 20.9 Å². The summed E-state index contributed by atoms with van der Waals surface area (Å²) < 4.78 is 16.6. The Kier molecular flexibility index (Phi) is 17.5. The van der Waals surface area contributed by atoms with Crippen molar-refractivity contribution in [1.29, 1.82) is 0 Å². The van der Waals surface area contributed by atoms with Crippen molar-refractivity contribution in [3.63, 3.8) is 0 Å². The van der Waals surface area contributed by atoms with Crippen LogP contribution in [0.3, 0.4) is 0 Å². The molecule has 2 aromatic carbocycles. The van der Waals surface area contributed by atoms with E-state index in [0.717, 1.165) is 24.2 Å². The van der Waals surface area contributed by atoms with E-state index < -0.39 is 47.5 Å². The van der Waals surface area contributed by atoms with Crippen molar-refractivity contribution in [3.05, 3.63) is 71.8 Å². The van der Waals surface area contributed by atoms with Gasteiger partial charge in [-0.25, -0.2) is 0 Å². The molecule has 0 bridgehead atoms. The van der Waals surface area contributed by atoms with Crippen molar-refractivity contribution in [3.8, 4) is 0 Å². The van der Waals surface area contributed by atoms with Crippen molar-refractivity contribution >= 4 is 29.4 Å². The highest BCUT2D eigenvalue weighted by molar-refractivity contribution is 5.98. The van der Waals surface area contributed by atoms with Crippen LogP contribution < -0.4 is 16.0 Å². The van der Waals surface area contributed by atoms with E-state index in [1.54, 1.807) is 14.0 Å². The largest absolute Gasteiger partial charge is 0.379 e. The van der Waals surface area contributed by atoms with Crippen LogP contribution in [0.2, 0.25) is 0 Å². The number of carbonyl (C=O) groups is 5. The Morgan fingerprint density at radius 2 is 1.32 bits per heavy atom. The lowest BCUT2D eigenvalue weighted by atomic mass is 9.93. The third-order valence-corrected chi connectivity index (χ3v) is 10.3. The number of benzene rings is 2. The summed E-state index contributed by atoms with van der Waals surface area (Å²) in [5, 5.41) is 8.79. The first-order valence-corrected chi connectivity index (χ1v) is 20.1. The van der Waals surface area contributed by atoms with Gasteiger partial charge in [-0.2, -0.15) is 0 Å². The molecule has 2 heterocycles. The van der Waals surface area contributed by atoms with Gasteiger partial charge in [-0.15, -0.1) is 0 Å². The summed E-state index contributed by atoms with van der Waals surface area (Å²) in [6.45, 7) is 13.7. The molecule has 2 aliphatic rings. The first kappa shape index (κ1) is 44.5. The Hall–Kier alpha value is -4.17. The van der Waals surface area contributed by atoms with Gasteiger partial charge >= 0.3 is 0 Å². The standard InChI is InChI=1S/C43H63N5O8/c1-30(2)25-34(39(50)43(5)29-56-43)44-41(52)36(27-33-15-11-8-12-16-33)45-40(51)35(26-31(3)4)46-42(53)37(18-17-32-13-9-7-10-14-32)47(6)38(49)28-55-24-21-48-19-22-54-23-20-48/h7-16,30-31,34-37H,17-29H2,1-6H3,(H,44,52)(H,45,51)(H,46,53)/t34-,35-,36-,37-,43?/m0/s1. The van der Waals surface area contributed by atoms with E-state index in [0.29, 0.717) is 52.2 Å². The molecule has 13 nitrogen and oxygen atoms in total. The molecule has 0 saturated carbocycles. The van der Waals surface area contributed by atoms with Crippen LogP contribution in [0.15, 0.2) is 60.7 Å². The van der Waals surface area contributed by atoms with Crippen molar-refractivity contribution in [2.45, 2.75) is 96.5 Å². The van der Waals surface area contributed by atoms with Crippen molar-refractivity contribution in [1.82, 2.24) is 25.8 Å². The number of rotatable bonds is 23. The number of nitrogens with one attached hydrogen (secondary N) is 3. The van der Waals surface area contributed by atoms with Gasteiger partial charge in [0.25, 0.3) is 0 Å². The monoisotopic (exact) mass is 777 g/mol. The van der Waals surface area contributed by atoms with Crippen LogP contribution in [-0.2, 0) is 51.0 Å². The summed E-state index contributed by atoms with van der Waals surface area (Å²) in [5.74, 6) is -1.94. The Morgan fingerprint density at radius 1 is 0.786 bits per heavy atom. The van der Waals surface area contributed by atoms with Crippen LogP contribution >= 0.6 is 0 Å². The lowest BCUT2D eigenvalue weighted by Gasteiger charge is -2.31. The maximum atomic E-state index is 14.2. The first-order valence-electron chi connectivity index (χ1n) is 20.1. The third kappa shape index (κ3) is 14.4. The molecule has 0 radical (unpaired) electrons. The molecule has 0 aromatic heterocycles. The number of carbonyl (C=O) groups excluding carboxylic acids is 5. The molecular weight excluding hydrogens is 714 g/mol. The van der Waals surface area contributed by atoms with Gasteiger partial charge in [-0.05, 0) is 55.6 Å². The van der Waals surface area contributed by atoms with Crippen molar-refractivity contribution < 1.29 is 38.2 Å². The van der Waals surface area contributed by atoms with Crippen LogP contribution in [0.4, 0.5) is 0 Å². The predicted molar refractivity (Wildman–Crippen MR) is 214 cm³/mol. The quantitative estimate of drug-likeness (QED) is 0.114. The zero-order valence-electron chi connectivity index (χ0n) is 34.1. The minimum atomic E-state index is -1.04. The second-order valence-electron chi connectivity index (χ2n) is 16.1. The number of ether oxygens (including phenoxy) is 3. The SMILES string of the molecule is CC(C)C[C@H](NC(=O)[C@H](CCc1ccccc1)N(C)C(=O)COCCN1CCOCC1)C(=O)N[C@@H](Cc1ccccc1)C(=O)N[C@@H](CC(C)C)C(=O)C1(C)CO1. The topological polar surface area (TPSA) is 159 Å². The summed E-state index contributed by atoms with van der Waals surface area (Å²) in [5.41, 5.74) is 0.892. The number of nitrogens with zero attached hydrogens (tertiary/aromatic N) is 2. The zero-order valence-corrected chi connectivity index (χ0v) is 34.1. The van der Waals surface area contributed by atoms with Gasteiger partial charge in [0.15, 0.2) is 5.78 Å². The smallest absolute Gasteiger partial charge is 0.248 e. The minimum Gasteiger partial charge on any atom is -0.379 e. The zero-order chi connectivity index (χ0) is 40.7. The number of morpholine rings is 1. The fraction of sp³-hybridized carbons (Fsp3) is 0.605. The van der Waals surface area contributed by atoms with Gasteiger partial charge in [0.05, 0.1) is 32.5 Å². The number of hydrogen-bond donors (Lipinski definition) is 3. The van der Waals surface area contributed by atoms with Crippen molar-refractivity contribution in [2.24, 2.45) is 11.8 Å². The van der Waals surface area contributed by atoms with E-state index in [1.807, 2.05) is 88.4 Å². The van der Waals surface area contributed by atoms with E-state index in [4.69, 9.17) is 14.2 Å². The number of hydrogen-bond acceptors (Lipinski definition) is 9. The number of Topliss-reactive ketones (excluding diaryl/α,β-unsaturated/α-hetero) is 1. The van der Waals surface area contributed by atoms with Crippen LogP contribution in [0.5, 0.6) is 0 Å². The fourth-order valence-corrected chi connectivity index (χ4v) is 6.80. The molecule has 5 atom stereocenters. The number of likely N-dealkylation sites (N-methyl/N-ethyl adjacent to an activating group) is 1. The maximum absolute atomic E-state index is 14.2. The third-order valence-electron chi connectivity index (χ3n) is 10.3. The van der Waals surface area contributed by atoms with Crippen molar-refractivity contribution in [2.75, 3.05) is 59.7 Å². The highest BCUT2D eigenvalue weighted by Gasteiger charge is 2.50. The van der Waals surface area contributed by atoms with Gasteiger partial charge in [0.1, 0.15) is 30.3 Å². The molecule has 0 spiro atoms. The lowest BCUT2D eigenvalue weighted by molar-refractivity contribution is -0.143. The van der Waals surface area contributed by atoms with Gasteiger partial charge in [-0.3, -0.25) is 28.9 Å². The molecule has 4 amide bonds. The van der Waals surface area contributed by atoms with E-state index in [9.17, 15) is 24.0 Å². The van der Waals surface area contributed by atoms with E-state index in [-0.39, 0.29) is 43.0 Å². The molecule has 1 unspecified atom stereocenters. The average Bonchev–Trinajstić information content (AvgIpc) is 3.94. The number of amides is 4. The molecule has 3 N–H and O–H groups in total. The van der Waals surface area contributed by atoms with Crippen LogP contribution in [0.1, 0.15) is 65.0 Å². The van der Waals surface area contributed by atoms with E-state index in [1.165, 1.54) is 4.90 Å². The van der Waals surface area contributed by atoms with Gasteiger partial charge in [0.2, 0.25) is 23.6 Å². The number of epoxide rings is 1. The Labute approximate surface area is 332 Å². The molecule has 4 rings (SSSR count). The van der Waals surface area contributed by atoms with Crippen LogP contribution in [0, 0.1) is 11.8 Å². The summed E-state index contributed by atoms with van der Waals surface area (Å²) in [4.78, 5) is 72.9. The van der Waals surface area contributed by atoms with Gasteiger partial charge in [0, 0.05) is 33.1 Å². The molecule has 56 heavy (non-hydrogen) atoms. The Bertz CT molecular complexity index is 1560. The lowest BCUT2D eigenvalue weighted by Crippen LogP contribution is -2.59. The highest BCUT2D eigenvalue weighted by Crippen LogP contribution is 2.29. The second-order valence-corrected chi connectivity index (χ2v) is 16.1. The number of ketones is 1. The molecule has 2 fully saturated rings. The average molecular weight is 778 g/mol. The van der Waals surface area contributed by atoms with Crippen LogP contribution in [-0.4, -0.2) is 129 Å². The molecule has 308 valence electrons. The molecule has 2 saturated heterocycles. The first-order chi connectivity index (χ1) is 26.8. The fourth-order valence-electron chi connectivity index (χ4n) is 6.80. The Balaban J connectivity index is 1.49. The molecule has 13 heteroatoms. The molecule has 2 aromatic rings. The Morgan fingerprint density at radius 3 is 1.91 bits per heavy atom. The highest BCUT2D eigenvalue weighted by atomic mass is 16.6. The van der Waals surface area contributed by atoms with Gasteiger partial charge < -0.3 is 35.1 Å². The summed E-state index contributed by atoms with van der Waals surface area (Å²) in [6.07, 6.45) is 1.70. The summed E-state index contributed by atoms with van der Waals surface area (Å²) in [7, 11) is 1.59. The maximum Gasteiger partial charge on any atom is 0.248 e. The summed E-state index contributed by atoms with van der Waals surface area (Å²) >= 11 is 0. The minimum absolute atomic E-state index is 0.00164. The summed E-state index contributed by atoms with van der Waals surface area (Å²) in [6, 6.07) is 15.3. The van der Waals surface area contributed by atoms with Crippen LogP contribution in [0.25, 0.3) is 0 Å². The van der Waals surface area contributed by atoms with Gasteiger partial charge in [-0.1, -0.05) is 88.4 Å². The normalized spacial score (nSPS) is 19.1.